The summed E-state index contributed by atoms with van der Waals surface area (Å²) in [5, 5.41) is 1.45. The first-order chi connectivity index (χ1) is 16.8. The maximum Gasteiger partial charge on any atom is 0.410 e. The first-order valence-electron chi connectivity index (χ1n) is 12.5. The molecule has 0 radical (unpaired) electrons. The summed E-state index contributed by atoms with van der Waals surface area (Å²) in [6.07, 6.45) is 1.88. The zero-order valence-corrected chi connectivity index (χ0v) is 21.9. The Bertz CT molecular complexity index is 1190. The van der Waals surface area contributed by atoms with Crippen LogP contribution in [0.15, 0.2) is 24.3 Å². The van der Waals surface area contributed by atoms with Crippen LogP contribution in [-0.2, 0) is 20.7 Å². The number of hydrogen-bond donors (Lipinski definition) is 0. The zero-order valence-electron chi connectivity index (χ0n) is 21.9. The summed E-state index contributed by atoms with van der Waals surface area (Å²) in [6.45, 7) is 11.6. The molecule has 0 N–H and O–H groups in total. The average molecular weight is 498 g/mol. The fourth-order valence-electron chi connectivity index (χ4n) is 4.66. The van der Waals surface area contributed by atoms with Gasteiger partial charge in [-0.3, -0.25) is 9.59 Å². The van der Waals surface area contributed by atoms with Gasteiger partial charge < -0.3 is 23.8 Å². The van der Waals surface area contributed by atoms with Crippen molar-refractivity contribution in [2.24, 2.45) is 5.92 Å². The Kier molecular flexibility index (Phi) is 6.90. The van der Waals surface area contributed by atoms with Crippen molar-refractivity contribution >= 4 is 28.8 Å². The third-order valence-electron chi connectivity index (χ3n) is 6.45. The van der Waals surface area contributed by atoms with Gasteiger partial charge in [-0.1, -0.05) is 24.3 Å². The maximum absolute atomic E-state index is 13.3. The fraction of sp³-hybridized carbons (Fsp3) is 0.536. The molecule has 2 aliphatic rings. The Balaban J connectivity index is 1.62. The molecule has 0 bridgehead atoms. The highest BCUT2D eigenvalue weighted by Gasteiger charge is 2.36. The van der Waals surface area contributed by atoms with E-state index in [9.17, 15) is 14.4 Å². The molecule has 36 heavy (non-hydrogen) atoms. The largest absolute Gasteiger partial charge is 0.487 e. The molecule has 2 aromatic carbocycles. The van der Waals surface area contributed by atoms with Crippen molar-refractivity contribution in [3.63, 3.8) is 0 Å². The van der Waals surface area contributed by atoms with E-state index in [1.165, 1.54) is 6.92 Å². The van der Waals surface area contributed by atoms with E-state index in [1.54, 1.807) is 4.90 Å². The second-order valence-electron chi connectivity index (χ2n) is 11.1. The lowest BCUT2D eigenvalue weighted by Gasteiger charge is -2.35. The van der Waals surface area contributed by atoms with Crippen LogP contribution < -0.4 is 14.2 Å². The molecule has 0 unspecified atom stereocenters. The third kappa shape index (κ3) is 5.58. The number of ether oxygens (including phenoxy) is 4. The van der Waals surface area contributed by atoms with Gasteiger partial charge >= 0.3 is 18.0 Å². The van der Waals surface area contributed by atoms with E-state index in [-0.39, 0.29) is 29.1 Å². The van der Waals surface area contributed by atoms with Gasteiger partial charge in [0, 0.05) is 36.3 Å². The standard InChI is InChI=1S/C28H35NO7/c1-17(30)33-24-21-11-14-28(5,6)35-22(21)19-9-7-8-10-20(19)23(24)34-25(31)18-12-15-29(16-13-18)26(32)36-27(2,3)4/h7-10,18H,11-16H2,1-6H3. The van der Waals surface area contributed by atoms with Crippen LogP contribution in [0.25, 0.3) is 10.8 Å². The van der Waals surface area contributed by atoms with Gasteiger partial charge in [-0.2, -0.15) is 0 Å². The molecule has 1 saturated heterocycles. The Hall–Kier alpha value is -3.29. The monoisotopic (exact) mass is 497 g/mol. The number of esters is 2. The summed E-state index contributed by atoms with van der Waals surface area (Å²) in [5.74, 6) is -0.161. The van der Waals surface area contributed by atoms with Gasteiger partial charge in [0.25, 0.3) is 0 Å². The SMILES string of the molecule is CC(=O)Oc1c2c(c3ccccc3c1OC(=O)C1CCN(C(=O)OC(C)(C)C)CC1)OC(C)(C)CC2. The molecule has 0 atom stereocenters. The van der Waals surface area contributed by atoms with Gasteiger partial charge in [-0.25, -0.2) is 4.79 Å². The third-order valence-corrected chi connectivity index (χ3v) is 6.45. The second-order valence-corrected chi connectivity index (χ2v) is 11.1. The zero-order chi connectivity index (χ0) is 26.3. The molecule has 1 amide bonds. The molecule has 2 aromatic rings. The van der Waals surface area contributed by atoms with Crippen molar-refractivity contribution in [3.8, 4) is 17.2 Å². The molecule has 1 fully saturated rings. The van der Waals surface area contributed by atoms with Gasteiger partial charge in [0.2, 0.25) is 0 Å². The summed E-state index contributed by atoms with van der Waals surface area (Å²) >= 11 is 0. The first-order valence-corrected chi connectivity index (χ1v) is 12.5. The number of piperidine rings is 1. The lowest BCUT2D eigenvalue weighted by atomic mass is 9.91. The van der Waals surface area contributed by atoms with Crippen LogP contribution in [0.2, 0.25) is 0 Å². The number of fused-ring (bicyclic) bond motifs is 3. The summed E-state index contributed by atoms with van der Waals surface area (Å²) in [5.41, 5.74) is -0.221. The summed E-state index contributed by atoms with van der Waals surface area (Å²) in [7, 11) is 0. The van der Waals surface area contributed by atoms with Crippen LogP contribution in [0, 0.1) is 5.92 Å². The number of amides is 1. The number of likely N-dealkylation sites (tertiary alicyclic amines) is 1. The van der Waals surface area contributed by atoms with E-state index in [2.05, 4.69) is 0 Å². The van der Waals surface area contributed by atoms with E-state index < -0.39 is 17.5 Å². The van der Waals surface area contributed by atoms with Gasteiger partial charge in [-0.05, 0) is 60.3 Å². The number of rotatable bonds is 3. The van der Waals surface area contributed by atoms with Crippen LogP contribution in [0.5, 0.6) is 17.2 Å². The molecule has 8 heteroatoms. The van der Waals surface area contributed by atoms with Crippen molar-refractivity contribution in [3.05, 3.63) is 29.8 Å². The average Bonchev–Trinajstić information content (AvgIpc) is 2.79. The molecule has 0 spiro atoms. The number of hydrogen-bond acceptors (Lipinski definition) is 7. The van der Waals surface area contributed by atoms with E-state index in [4.69, 9.17) is 18.9 Å². The fourth-order valence-corrected chi connectivity index (χ4v) is 4.66. The number of carbonyl (C=O) groups excluding carboxylic acids is 3. The minimum Gasteiger partial charge on any atom is -0.487 e. The smallest absolute Gasteiger partial charge is 0.410 e. The molecule has 2 aliphatic heterocycles. The van der Waals surface area contributed by atoms with E-state index in [0.29, 0.717) is 43.5 Å². The highest BCUT2D eigenvalue weighted by Crippen LogP contribution is 2.50. The molecule has 4 rings (SSSR count). The number of benzene rings is 2. The molecule has 194 valence electrons. The van der Waals surface area contributed by atoms with Crippen LogP contribution in [0.4, 0.5) is 4.79 Å². The Labute approximate surface area is 211 Å². The van der Waals surface area contributed by atoms with Gasteiger partial charge in [0.1, 0.15) is 17.0 Å². The Morgan fingerprint density at radius 3 is 2.25 bits per heavy atom. The number of nitrogens with zero attached hydrogens (tertiary/aromatic N) is 1. The molecule has 0 aromatic heterocycles. The van der Waals surface area contributed by atoms with Crippen molar-refractivity contribution in [1.82, 2.24) is 4.90 Å². The topological polar surface area (TPSA) is 91.4 Å². The number of carbonyl (C=O) groups is 3. The maximum atomic E-state index is 13.3. The second kappa shape index (κ2) is 9.64. The lowest BCUT2D eigenvalue weighted by Crippen LogP contribution is -2.43. The van der Waals surface area contributed by atoms with Crippen LogP contribution in [-0.4, -0.2) is 47.2 Å². The lowest BCUT2D eigenvalue weighted by molar-refractivity contribution is -0.141. The predicted molar refractivity (Wildman–Crippen MR) is 134 cm³/mol. The summed E-state index contributed by atoms with van der Waals surface area (Å²) in [6, 6.07) is 7.50. The van der Waals surface area contributed by atoms with Crippen LogP contribution >= 0.6 is 0 Å². The summed E-state index contributed by atoms with van der Waals surface area (Å²) < 4.78 is 23.4. The van der Waals surface area contributed by atoms with Crippen molar-refractivity contribution in [2.75, 3.05) is 13.1 Å². The highest BCUT2D eigenvalue weighted by molar-refractivity contribution is 5.99. The first kappa shape index (κ1) is 25.8. The predicted octanol–water partition coefficient (Wildman–Crippen LogP) is 5.42. The molecular formula is C28H35NO7. The Morgan fingerprint density at radius 2 is 1.64 bits per heavy atom. The molecular weight excluding hydrogens is 462 g/mol. The van der Waals surface area contributed by atoms with Crippen LogP contribution in [0.1, 0.15) is 66.4 Å². The molecule has 0 aliphatic carbocycles. The van der Waals surface area contributed by atoms with Gasteiger partial charge in [-0.15, -0.1) is 0 Å². The van der Waals surface area contributed by atoms with Crippen LogP contribution in [0.3, 0.4) is 0 Å². The molecule has 2 heterocycles. The van der Waals surface area contributed by atoms with Crippen molar-refractivity contribution in [1.29, 1.82) is 0 Å². The molecule has 0 saturated carbocycles. The normalized spacial score (nSPS) is 17.7. The minimum atomic E-state index is -0.577. The van der Waals surface area contributed by atoms with Crippen molar-refractivity contribution < 1.29 is 33.3 Å². The van der Waals surface area contributed by atoms with E-state index >= 15 is 0 Å². The van der Waals surface area contributed by atoms with Gasteiger partial charge in [0.15, 0.2) is 11.5 Å². The Morgan fingerprint density at radius 1 is 1.00 bits per heavy atom. The van der Waals surface area contributed by atoms with Crippen molar-refractivity contribution in [2.45, 2.75) is 78.4 Å². The summed E-state index contributed by atoms with van der Waals surface area (Å²) in [4.78, 5) is 39.3. The quantitative estimate of drug-likeness (QED) is 0.413. The molecule has 8 nitrogen and oxygen atoms in total. The minimum absolute atomic E-state index is 0.238. The highest BCUT2D eigenvalue weighted by atomic mass is 16.6. The van der Waals surface area contributed by atoms with E-state index in [1.807, 2.05) is 58.9 Å². The van der Waals surface area contributed by atoms with Gasteiger partial charge in [0.05, 0.1) is 5.92 Å². The van der Waals surface area contributed by atoms with E-state index in [0.717, 1.165) is 17.4 Å².